The molecule has 1 fully saturated rings. The van der Waals surface area contributed by atoms with E-state index in [4.69, 9.17) is 4.74 Å². The fourth-order valence-corrected chi connectivity index (χ4v) is 2.18. The maximum atomic E-state index is 12.1. The Hall–Kier alpha value is -1.72. The Morgan fingerprint density at radius 3 is 2.42 bits per heavy atom. The van der Waals surface area contributed by atoms with E-state index in [1.807, 2.05) is 6.07 Å². The van der Waals surface area contributed by atoms with Crippen LogP contribution in [0.2, 0.25) is 0 Å². The van der Waals surface area contributed by atoms with Gasteiger partial charge in [-0.2, -0.15) is 0 Å². The van der Waals surface area contributed by atoms with Crippen molar-refractivity contribution in [3.63, 3.8) is 0 Å². The van der Waals surface area contributed by atoms with Crippen LogP contribution in [0.5, 0.6) is 0 Å². The second-order valence-corrected chi connectivity index (χ2v) is 4.50. The smallest absolute Gasteiger partial charge is 0.321 e. The van der Waals surface area contributed by atoms with E-state index in [-0.39, 0.29) is 12.2 Å². The number of hydrogen-bond acceptors (Lipinski definition) is 4. The number of hydrogen-bond donors (Lipinski definition) is 1. The summed E-state index contributed by atoms with van der Waals surface area (Å²) < 4.78 is 5.20. The average Bonchev–Trinajstić information content (AvgIpc) is 2.46. The molecule has 5 nitrogen and oxygen atoms in total. The Bertz CT molecular complexity index is 440. The van der Waals surface area contributed by atoms with Gasteiger partial charge in [0, 0.05) is 25.1 Å². The van der Waals surface area contributed by atoms with Crippen molar-refractivity contribution in [3.8, 4) is 0 Å². The van der Waals surface area contributed by atoms with E-state index in [1.54, 1.807) is 29.2 Å². The summed E-state index contributed by atoms with van der Waals surface area (Å²) in [4.78, 5) is 25.2. The zero-order valence-corrected chi connectivity index (χ0v) is 10.6. The van der Waals surface area contributed by atoms with E-state index >= 15 is 0 Å². The molecule has 1 aliphatic rings. The Balaban J connectivity index is 2.04. The van der Waals surface area contributed by atoms with Gasteiger partial charge in [-0.05, 0) is 0 Å². The molecule has 0 radical (unpaired) electrons. The molecule has 0 amide bonds. The molecule has 0 aromatic heterocycles. The molecular weight excluding hydrogens is 246 g/mol. The number of morpholine rings is 1. The molecule has 19 heavy (non-hydrogen) atoms. The Kier molecular flexibility index (Phi) is 4.65. The molecule has 1 unspecified atom stereocenters. The number of nitrogens with zero attached hydrogens (tertiary/aromatic N) is 1. The molecule has 0 spiro atoms. The van der Waals surface area contributed by atoms with Gasteiger partial charge in [0.25, 0.3) is 0 Å². The van der Waals surface area contributed by atoms with Crippen molar-refractivity contribution < 1.29 is 19.4 Å². The van der Waals surface area contributed by atoms with Crippen molar-refractivity contribution in [2.75, 3.05) is 26.3 Å². The van der Waals surface area contributed by atoms with E-state index < -0.39 is 12.0 Å². The fourth-order valence-electron chi connectivity index (χ4n) is 2.18. The second-order valence-electron chi connectivity index (χ2n) is 4.50. The second kappa shape index (κ2) is 6.45. The lowest BCUT2D eigenvalue weighted by molar-refractivity contribution is -0.144. The highest BCUT2D eigenvalue weighted by Gasteiger charge is 2.29. The zero-order valence-electron chi connectivity index (χ0n) is 10.6. The first-order chi connectivity index (χ1) is 9.18. The molecule has 0 aliphatic carbocycles. The quantitative estimate of drug-likeness (QED) is 0.804. The first-order valence-electron chi connectivity index (χ1n) is 6.31. The molecule has 1 atom stereocenters. The molecule has 1 N–H and O–H groups in total. The van der Waals surface area contributed by atoms with Gasteiger partial charge in [0.2, 0.25) is 0 Å². The number of Topliss-reactive ketones (excluding diaryl/α,β-unsaturated/α-hetero) is 1. The highest BCUT2D eigenvalue weighted by Crippen LogP contribution is 2.12. The number of carboxylic acid groups (broad SMARTS) is 1. The topological polar surface area (TPSA) is 66.8 Å². The first kappa shape index (κ1) is 13.7. The van der Waals surface area contributed by atoms with Gasteiger partial charge in [-0.15, -0.1) is 0 Å². The SMILES string of the molecule is O=C(CC(C(=O)O)N1CCOCC1)c1ccccc1. The van der Waals surface area contributed by atoms with Crippen LogP contribution in [-0.4, -0.2) is 54.1 Å². The van der Waals surface area contributed by atoms with Gasteiger partial charge in [0.05, 0.1) is 13.2 Å². The Morgan fingerprint density at radius 2 is 1.84 bits per heavy atom. The third-order valence-corrected chi connectivity index (χ3v) is 3.25. The van der Waals surface area contributed by atoms with Crippen molar-refractivity contribution in [1.82, 2.24) is 4.90 Å². The lowest BCUT2D eigenvalue weighted by atomic mass is 10.0. The van der Waals surface area contributed by atoms with Crippen LogP contribution in [0, 0.1) is 0 Å². The number of carboxylic acids is 1. The number of aliphatic carboxylic acids is 1. The summed E-state index contributed by atoms with van der Waals surface area (Å²) in [7, 11) is 0. The summed E-state index contributed by atoms with van der Waals surface area (Å²) >= 11 is 0. The number of ether oxygens (including phenoxy) is 1. The molecule has 2 rings (SSSR count). The standard InChI is InChI=1S/C14H17NO4/c16-13(11-4-2-1-3-5-11)10-12(14(17)18)15-6-8-19-9-7-15/h1-5,12H,6-10H2,(H,17,18). The molecule has 0 bridgehead atoms. The molecule has 1 aromatic rings. The monoisotopic (exact) mass is 263 g/mol. The fraction of sp³-hybridized carbons (Fsp3) is 0.429. The minimum Gasteiger partial charge on any atom is -0.480 e. The van der Waals surface area contributed by atoms with Gasteiger partial charge in [0.1, 0.15) is 6.04 Å². The van der Waals surface area contributed by atoms with Crippen LogP contribution in [0.4, 0.5) is 0 Å². The number of carbonyl (C=O) groups is 2. The molecule has 1 heterocycles. The minimum atomic E-state index is -0.953. The molecular formula is C14H17NO4. The van der Waals surface area contributed by atoms with Crippen LogP contribution in [0.1, 0.15) is 16.8 Å². The predicted molar refractivity (Wildman–Crippen MR) is 69.2 cm³/mol. The van der Waals surface area contributed by atoms with Gasteiger partial charge >= 0.3 is 5.97 Å². The van der Waals surface area contributed by atoms with E-state index in [9.17, 15) is 14.7 Å². The summed E-state index contributed by atoms with van der Waals surface area (Å²) in [5.74, 6) is -1.09. The molecule has 1 aliphatic heterocycles. The maximum absolute atomic E-state index is 12.1. The van der Waals surface area contributed by atoms with Crippen molar-refractivity contribution in [2.24, 2.45) is 0 Å². The van der Waals surface area contributed by atoms with Gasteiger partial charge < -0.3 is 9.84 Å². The van der Waals surface area contributed by atoms with Crippen LogP contribution < -0.4 is 0 Å². The molecule has 1 aromatic carbocycles. The van der Waals surface area contributed by atoms with Crippen molar-refractivity contribution >= 4 is 11.8 Å². The summed E-state index contributed by atoms with van der Waals surface area (Å²) in [5.41, 5.74) is 0.557. The van der Waals surface area contributed by atoms with Crippen LogP contribution in [0.3, 0.4) is 0 Å². The maximum Gasteiger partial charge on any atom is 0.321 e. The number of benzene rings is 1. The van der Waals surface area contributed by atoms with Gasteiger partial charge in [-0.1, -0.05) is 30.3 Å². The van der Waals surface area contributed by atoms with Crippen molar-refractivity contribution in [3.05, 3.63) is 35.9 Å². The van der Waals surface area contributed by atoms with E-state index in [0.717, 1.165) is 0 Å². The van der Waals surface area contributed by atoms with E-state index in [0.29, 0.717) is 31.9 Å². The largest absolute Gasteiger partial charge is 0.480 e. The lowest BCUT2D eigenvalue weighted by Gasteiger charge is -2.31. The summed E-state index contributed by atoms with van der Waals surface area (Å²) in [6.07, 6.45) is -0.000648. The summed E-state index contributed by atoms with van der Waals surface area (Å²) in [5, 5.41) is 9.29. The van der Waals surface area contributed by atoms with Crippen molar-refractivity contribution in [1.29, 1.82) is 0 Å². The molecule has 0 saturated carbocycles. The highest BCUT2D eigenvalue weighted by molar-refractivity contribution is 5.98. The van der Waals surface area contributed by atoms with Gasteiger partial charge in [0.15, 0.2) is 5.78 Å². The molecule has 102 valence electrons. The highest BCUT2D eigenvalue weighted by atomic mass is 16.5. The van der Waals surface area contributed by atoms with Crippen molar-refractivity contribution in [2.45, 2.75) is 12.5 Å². The molecule has 5 heteroatoms. The van der Waals surface area contributed by atoms with Crippen LogP contribution in [0.25, 0.3) is 0 Å². The van der Waals surface area contributed by atoms with Crippen LogP contribution >= 0.6 is 0 Å². The Morgan fingerprint density at radius 1 is 1.21 bits per heavy atom. The van der Waals surface area contributed by atoms with Gasteiger partial charge in [-0.25, -0.2) is 0 Å². The molecule has 1 saturated heterocycles. The summed E-state index contributed by atoms with van der Waals surface area (Å²) in [6, 6.07) is 8.03. The minimum absolute atomic E-state index is 0.000648. The summed E-state index contributed by atoms with van der Waals surface area (Å²) in [6.45, 7) is 2.14. The predicted octanol–water partition coefficient (Wildman–Crippen LogP) is 1.04. The number of ketones is 1. The Labute approximate surface area is 111 Å². The van der Waals surface area contributed by atoms with E-state index in [1.165, 1.54) is 0 Å². The van der Waals surface area contributed by atoms with Gasteiger partial charge in [-0.3, -0.25) is 14.5 Å². The third kappa shape index (κ3) is 3.62. The van der Waals surface area contributed by atoms with Crippen LogP contribution in [0.15, 0.2) is 30.3 Å². The lowest BCUT2D eigenvalue weighted by Crippen LogP contribution is -2.48. The third-order valence-electron chi connectivity index (χ3n) is 3.25. The first-order valence-corrected chi connectivity index (χ1v) is 6.31. The number of rotatable bonds is 5. The zero-order chi connectivity index (χ0) is 13.7. The van der Waals surface area contributed by atoms with Crippen LogP contribution in [-0.2, 0) is 9.53 Å². The normalized spacial score (nSPS) is 17.9. The average molecular weight is 263 g/mol. The number of carbonyl (C=O) groups excluding carboxylic acids is 1. The van der Waals surface area contributed by atoms with E-state index in [2.05, 4.69) is 0 Å².